The van der Waals surface area contributed by atoms with Crippen molar-refractivity contribution in [1.29, 1.82) is 0 Å². The summed E-state index contributed by atoms with van der Waals surface area (Å²) in [5, 5.41) is 3.86. The Morgan fingerprint density at radius 2 is 1.92 bits per heavy atom. The molecular weight excluding hydrogens is 312 g/mol. The molecule has 4 nitrogen and oxygen atoms in total. The van der Waals surface area contributed by atoms with Crippen LogP contribution in [0.3, 0.4) is 0 Å². The zero-order valence-electron chi connectivity index (χ0n) is 14.8. The van der Waals surface area contributed by atoms with Gasteiger partial charge in [0.15, 0.2) is 0 Å². The summed E-state index contributed by atoms with van der Waals surface area (Å²) in [6.45, 7) is 6.62. The number of benzene rings is 2. The predicted octanol–water partition coefficient (Wildman–Crippen LogP) is 4.89. The zero-order chi connectivity index (χ0) is 17.8. The summed E-state index contributed by atoms with van der Waals surface area (Å²) in [4.78, 5) is 17.3. The fourth-order valence-corrected chi connectivity index (χ4v) is 2.77. The third kappa shape index (κ3) is 3.79. The Morgan fingerprint density at radius 1 is 1.12 bits per heavy atom. The third-order valence-corrected chi connectivity index (χ3v) is 4.01. The molecule has 1 aromatic heterocycles. The minimum Gasteiger partial charge on any atom is -0.494 e. The highest BCUT2D eigenvalue weighted by Gasteiger charge is 2.13. The Hall–Kier alpha value is -2.88. The van der Waals surface area contributed by atoms with Gasteiger partial charge in [0.2, 0.25) is 0 Å². The molecule has 25 heavy (non-hydrogen) atoms. The summed E-state index contributed by atoms with van der Waals surface area (Å²) < 4.78 is 5.63. The minimum atomic E-state index is -0.132. The van der Waals surface area contributed by atoms with Crippen molar-refractivity contribution in [3.8, 4) is 5.75 Å². The molecule has 0 saturated carbocycles. The van der Waals surface area contributed by atoms with Crippen molar-refractivity contribution in [2.24, 2.45) is 0 Å². The van der Waals surface area contributed by atoms with Gasteiger partial charge in [0.1, 0.15) is 5.75 Å². The molecular formula is C21H22N2O2. The average Bonchev–Trinajstić information content (AvgIpc) is 2.61. The van der Waals surface area contributed by atoms with Gasteiger partial charge in [0.25, 0.3) is 5.91 Å². The van der Waals surface area contributed by atoms with E-state index in [1.165, 1.54) is 0 Å². The van der Waals surface area contributed by atoms with Gasteiger partial charge in [0.05, 0.1) is 17.7 Å². The first-order chi connectivity index (χ1) is 12.1. The second-order valence-corrected chi connectivity index (χ2v) is 6.11. The molecule has 3 rings (SSSR count). The quantitative estimate of drug-likeness (QED) is 0.722. The number of hydrogen-bond acceptors (Lipinski definition) is 3. The lowest BCUT2D eigenvalue weighted by Gasteiger charge is -2.12. The lowest BCUT2D eigenvalue weighted by Crippen LogP contribution is -2.14. The Kier molecular flexibility index (Phi) is 4.98. The van der Waals surface area contributed by atoms with E-state index in [-0.39, 0.29) is 5.91 Å². The van der Waals surface area contributed by atoms with Gasteiger partial charge in [-0.25, -0.2) is 0 Å². The number of carbonyl (C=O) groups is 1. The molecule has 128 valence electrons. The molecule has 3 aromatic rings. The molecule has 1 amide bonds. The number of aromatic nitrogens is 1. The first-order valence-corrected chi connectivity index (χ1v) is 8.49. The standard InChI is InChI=1S/C21H22N2O2/c1-4-11-25-16-9-10-19(14(2)12-16)23-21(24)18-13-15(3)22-20-8-6-5-7-17(18)20/h5-10,12-13H,4,11H2,1-3H3,(H,23,24). The van der Waals surface area contributed by atoms with E-state index >= 15 is 0 Å². The van der Waals surface area contributed by atoms with Gasteiger partial charge in [0, 0.05) is 16.8 Å². The van der Waals surface area contributed by atoms with Crippen molar-refractivity contribution in [2.45, 2.75) is 27.2 Å². The van der Waals surface area contributed by atoms with Crippen molar-refractivity contribution in [3.05, 3.63) is 65.4 Å². The zero-order valence-corrected chi connectivity index (χ0v) is 14.8. The van der Waals surface area contributed by atoms with Crippen molar-refractivity contribution >= 4 is 22.5 Å². The van der Waals surface area contributed by atoms with Crippen LogP contribution < -0.4 is 10.1 Å². The Morgan fingerprint density at radius 3 is 2.68 bits per heavy atom. The van der Waals surface area contributed by atoms with Crippen LogP contribution in [0.15, 0.2) is 48.5 Å². The van der Waals surface area contributed by atoms with Crippen LogP contribution in [-0.4, -0.2) is 17.5 Å². The fourth-order valence-electron chi connectivity index (χ4n) is 2.77. The molecule has 4 heteroatoms. The summed E-state index contributed by atoms with van der Waals surface area (Å²) in [6, 6.07) is 15.2. The number of ether oxygens (including phenoxy) is 1. The van der Waals surface area contributed by atoms with Gasteiger partial charge < -0.3 is 10.1 Å². The van der Waals surface area contributed by atoms with E-state index in [1.54, 1.807) is 0 Å². The monoisotopic (exact) mass is 334 g/mol. The van der Waals surface area contributed by atoms with E-state index in [4.69, 9.17) is 4.74 Å². The maximum Gasteiger partial charge on any atom is 0.256 e. The SMILES string of the molecule is CCCOc1ccc(NC(=O)c2cc(C)nc3ccccc23)c(C)c1. The third-order valence-electron chi connectivity index (χ3n) is 4.01. The summed E-state index contributed by atoms with van der Waals surface area (Å²) in [6.07, 6.45) is 0.964. The number of amides is 1. The largest absolute Gasteiger partial charge is 0.494 e. The first kappa shape index (κ1) is 17.0. The molecule has 0 bridgehead atoms. The molecule has 0 aliphatic rings. The predicted molar refractivity (Wildman–Crippen MR) is 101 cm³/mol. The fraction of sp³-hybridized carbons (Fsp3) is 0.238. The number of fused-ring (bicyclic) bond motifs is 1. The molecule has 0 atom stereocenters. The van der Waals surface area contributed by atoms with E-state index < -0.39 is 0 Å². The number of carbonyl (C=O) groups excluding carboxylic acids is 1. The van der Waals surface area contributed by atoms with E-state index in [0.717, 1.165) is 40.0 Å². The van der Waals surface area contributed by atoms with E-state index in [1.807, 2.05) is 62.4 Å². The maximum absolute atomic E-state index is 12.8. The smallest absolute Gasteiger partial charge is 0.256 e. The number of para-hydroxylation sites is 1. The van der Waals surface area contributed by atoms with Crippen LogP contribution in [0, 0.1) is 13.8 Å². The first-order valence-electron chi connectivity index (χ1n) is 8.49. The van der Waals surface area contributed by atoms with E-state index in [9.17, 15) is 4.79 Å². The van der Waals surface area contributed by atoms with Crippen LogP contribution in [0.4, 0.5) is 5.69 Å². The molecule has 0 fully saturated rings. The molecule has 0 saturated heterocycles. The number of nitrogens with zero attached hydrogens (tertiary/aromatic N) is 1. The highest BCUT2D eigenvalue weighted by Crippen LogP contribution is 2.24. The van der Waals surface area contributed by atoms with Gasteiger partial charge in [-0.3, -0.25) is 9.78 Å². The Balaban J connectivity index is 1.88. The number of hydrogen-bond donors (Lipinski definition) is 1. The number of rotatable bonds is 5. The van der Waals surface area contributed by atoms with Crippen LogP contribution in [0.25, 0.3) is 10.9 Å². The molecule has 2 aromatic carbocycles. The van der Waals surface area contributed by atoms with Crippen molar-refractivity contribution in [3.63, 3.8) is 0 Å². The maximum atomic E-state index is 12.8. The lowest BCUT2D eigenvalue weighted by molar-refractivity contribution is 0.102. The average molecular weight is 334 g/mol. The van der Waals surface area contributed by atoms with Gasteiger partial charge in [-0.2, -0.15) is 0 Å². The van der Waals surface area contributed by atoms with Crippen LogP contribution in [-0.2, 0) is 0 Å². The minimum absolute atomic E-state index is 0.132. The molecule has 1 heterocycles. The second kappa shape index (κ2) is 7.34. The van der Waals surface area contributed by atoms with Crippen LogP contribution in [0.1, 0.15) is 35.0 Å². The Labute approximate surface area is 147 Å². The molecule has 0 aliphatic heterocycles. The van der Waals surface area contributed by atoms with Crippen LogP contribution >= 0.6 is 0 Å². The van der Waals surface area contributed by atoms with Gasteiger partial charge >= 0.3 is 0 Å². The van der Waals surface area contributed by atoms with Crippen LogP contribution in [0.2, 0.25) is 0 Å². The Bertz CT molecular complexity index is 919. The molecule has 0 unspecified atom stereocenters. The van der Waals surface area contributed by atoms with Crippen molar-refractivity contribution in [1.82, 2.24) is 4.98 Å². The topological polar surface area (TPSA) is 51.2 Å². The lowest BCUT2D eigenvalue weighted by atomic mass is 10.1. The molecule has 1 N–H and O–H groups in total. The van der Waals surface area contributed by atoms with Gasteiger partial charge in [-0.15, -0.1) is 0 Å². The number of nitrogens with one attached hydrogen (secondary N) is 1. The number of aryl methyl sites for hydroxylation is 2. The van der Waals surface area contributed by atoms with E-state index in [2.05, 4.69) is 17.2 Å². The van der Waals surface area contributed by atoms with E-state index in [0.29, 0.717) is 12.2 Å². The molecule has 0 aliphatic carbocycles. The summed E-state index contributed by atoms with van der Waals surface area (Å²) in [5.74, 6) is 0.689. The van der Waals surface area contributed by atoms with Crippen molar-refractivity contribution in [2.75, 3.05) is 11.9 Å². The van der Waals surface area contributed by atoms with Gasteiger partial charge in [-0.05, 0) is 56.2 Å². The molecule has 0 spiro atoms. The van der Waals surface area contributed by atoms with Crippen LogP contribution in [0.5, 0.6) is 5.75 Å². The highest BCUT2D eigenvalue weighted by molar-refractivity contribution is 6.12. The normalized spacial score (nSPS) is 10.7. The summed E-state index contributed by atoms with van der Waals surface area (Å²) in [7, 11) is 0. The number of pyridine rings is 1. The highest BCUT2D eigenvalue weighted by atomic mass is 16.5. The van der Waals surface area contributed by atoms with Crippen molar-refractivity contribution < 1.29 is 9.53 Å². The van der Waals surface area contributed by atoms with Gasteiger partial charge in [-0.1, -0.05) is 25.1 Å². The number of anilines is 1. The second-order valence-electron chi connectivity index (χ2n) is 6.11. The molecule has 0 radical (unpaired) electrons. The summed E-state index contributed by atoms with van der Waals surface area (Å²) >= 11 is 0. The summed E-state index contributed by atoms with van der Waals surface area (Å²) in [5.41, 5.74) is 4.04.